The Kier molecular flexibility index (Phi) is 6.47. The molecule has 2 heterocycles. The molecule has 124 valence electrons. The normalized spacial score (nSPS) is 26.3. The van der Waals surface area contributed by atoms with Crippen molar-refractivity contribution in [2.24, 2.45) is 5.92 Å². The van der Waals surface area contributed by atoms with E-state index in [0.29, 0.717) is 38.5 Å². The van der Waals surface area contributed by atoms with Crippen LogP contribution in [0.15, 0.2) is 0 Å². The topological polar surface area (TPSA) is 58.6 Å². The van der Waals surface area contributed by atoms with Crippen LogP contribution in [0.5, 0.6) is 0 Å². The number of nitrogens with zero attached hydrogens (tertiary/aromatic N) is 1. The van der Waals surface area contributed by atoms with E-state index in [4.69, 9.17) is 4.74 Å². The molecule has 6 heteroatoms. The lowest BCUT2D eigenvalue weighted by molar-refractivity contribution is 0.0962. The molecule has 0 spiro atoms. The van der Waals surface area contributed by atoms with Crippen LogP contribution in [0.4, 0.5) is 0 Å². The first-order valence-electron chi connectivity index (χ1n) is 8.31. The monoisotopic (exact) mass is 318 g/mol. The summed E-state index contributed by atoms with van der Waals surface area (Å²) in [5.74, 6) is 0.592. The summed E-state index contributed by atoms with van der Waals surface area (Å²) in [5.41, 5.74) is 0. The summed E-state index contributed by atoms with van der Waals surface area (Å²) in [6.07, 6.45) is 4.39. The molecule has 5 nitrogen and oxygen atoms in total. The molecule has 2 fully saturated rings. The molecule has 2 aliphatic heterocycles. The second-order valence-electron chi connectivity index (χ2n) is 6.67. The number of hydrogen-bond acceptors (Lipinski definition) is 4. The largest absolute Gasteiger partial charge is 0.381 e. The van der Waals surface area contributed by atoms with Crippen LogP contribution < -0.4 is 5.32 Å². The van der Waals surface area contributed by atoms with Gasteiger partial charge in [0.1, 0.15) is 0 Å². The average molecular weight is 318 g/mol. The van der Waals surface area contributed by atoms with Crippen molar-refractivity contribution >= 4 is 10.0 Å². The fraction of sp³-hybridized carbons (Fsp3) is 1.00. The van der Waals surface area contributed by atoms with Gasteiger partial charge in [0.2, 0.25) is 10.0 Å². The maximum atomic E-state index is 12.9. The first-order valence-corrected chi connectivity index (χ1v) is 9.81. The van der Waals surface area contributed by atoms with Gasteiger partial charge in [0.15, 0.2) is 0 Å². The van der Waals surface area contributed by atoms with Gasteiger partial charge in [-0.3, -0.25) is 0 Å². The molecule has 0 bridgehead atoms. The predicted molar refractivity (Wildman–Crippen MR) is 84.8 cm³/mol. The van der Waals surface area contributed by atoms with Crippen LogP contribution >= 0.6 is 0 Å². The van der Waals surface area contributed by atoms with Crippen LogP contribution in [0.3, 0.4) is 0 Å². The highest BCUT2D eigenvalue weighted by Crippen LogP contribution is 2.26. The van der Waals surface area contributed by atoms with E-state index in [1.54, 1.807) is 4.31 Å². The standard InChI is InChI=1S/C15H30N2O3S/c1-13(2)11-16-12-14-5-3-4-8-17(14)21(18,19)15-6-9-20-10-7-15/h13-16H,3-12H2,1-2H3. The molecule has 2 saturated heterocycles. The van der Waals surface area contributed by atoms with Crippen LogP contribution in [0.1, 0.15) is 46.0 Å². The Labute approximate surface area is 129 Å². The predicted octanol–water partition coefficient (Wildman–Crippen LogP) is 1.60. The van der Waals surface area contributed by atoms with E-state index >= 15 is 0 Å². The molecule has 21 heavy (non-hydrogen) atoms. The van der Waals surface area contributed by atoms with Crippen molar-refractivity contribution in [3.05, 3.63) is 0 Å². The second kappa shape index (κ2) is 7.90. The van der Waals surface area contributed by atoms with Gasteiger partial charge in [0, 0.05) is 32.3 Å². The summed E-state index contributed by atoms with van der Waals surface area (Å²) in [4.78, 5) is 0. The highest BCUT2D eigenvalue weighted by atomic mass is 32.2. The number of sulfonamides is 1. The zero-order chi connectivity index (χ0) is 15.3. The Balaban J connectivity index is 1.99. The van der Waals surface area contributed by atoms with Crippen LogP contribution in [0, 0.1) is 5.92 Å². The number of rotatable bonds is 6. The molecular formula is C15H30N2O3S. The Hall–Kier alpha value is -0.170. The fourth-order valence-electron chi connectivity index (χ4n) is 3.22. The van der Waals surface area contributed by atoms with E-state index < -0.39 is 10.0 Å². The van der Waals surface area contributed by atoms with Gasteiger partial charge in [-0.05, 0) is 38.1 Å². The van der Waals surface area contributed by atoms with Crippen molar-refractivity contribution < 1.29 is 13.2 Å². The lowest BCUT2D eigenvalue weighted by Gasteiger charge is -2.38. The van der Waals surface area contributed by atoms with Crippen molar-refractivity contribution in [3.63, 3.8) is 0 Å². The maximum absolute atomic E-state index is 12.9. The molecule has 0 aromatic carbocycles. The van der Waals surface area contributed by atoms with Gasteiger partial charge in [-0.15, -0.1) is 0 Å². The number of piperidine rings is 1. The first kappa shape index (κ1) is 17.2. The average Bonchev–Trinajstić information content (AvgIpc) is 2.48. The summed E-state index contributed by atoms with van der Waals surface area (Å²) in [6.45, 7) is 7.91. The smallest absolute Gasteiger partial charge is 0.217 e. The van der Waals surface area contributed by atoms with Crippen molar-refractivity contribution in [2.45, 2.75) is 57.2 Å². The van der Waals surface area contributed by atoms with Crippen molar-refractivity contribution in [1.29, 1.82) is 0 Å². The summed E-state index contributed by atoms with van der Waals surface area (Å²) in [6, 6.07) is 0.130. The Morgan fingerprint density at radius 1 is 1.19 bits per heavy atom. The SMILES string of the molecule is CC(C)CNCC1CCCCN1S(=O)(=O)C1CCOCC1. The third kappa shape index (κ3) is 4.65. The van der Waals surface area contributed by atoms with E-state index in [1.165, 1.54) is 0 Å². The minimum absolute atomic E-state index is 0.130. The Morgan fingerprint density at radius 3 is 2.57 bits per heavy atom. The van der Waals surface area contributed by atoms with Crippen LogP contribution in [-0.2, 0) is 14.8 Å². The lowest BCUT2D eigenvalue weighted by Crippen LogP contribution is -2.52. The van der Waals surface area contributed by atoms with Crippen molar-refractivity contribution in [2.75, 3.05) is 32.8 Å². The summed E-state index contributed by atoms with van der Waals surface area (Å²) in [5, 5.41) is 3.19. The summed E-state index contributed by atoms with van der Waals surface area (Å²) < 4.78 is 32.9. The summed E-state index contributed by atoms with van der Waals surface area (Å²) in [7, 11) is -3.17. The van der Waals surface area contributed by atoms with Crippen molar-refractivity contribution in [3.8, 4) is 0 Å². The Morgan fingerprint density at radius 2 is 1.90 bits per heavy atom. The highest BCUT2D eigenvalue weighted by molar-refractivity contribution is 7.89. The molecule has 2 rings (SSSR count). The molecule has 0 aromatic heterocycles. The lowest BCUT2D eigenvalue weighted by atomic mass is 10.0. The van der Waals surface area contributed by atoms with E-state index in [1.807, 2.05) is 0 Å². The Bertz CT molecular complexity index is 405. The van der Waals surface area contributed by atoms with E-state index in [-0.39, 0.29) is 11.3 Å². The molecule has 0 aliphatic carbocycles. The van der Waals surface area contributed by atoms with Gasteiger partial charge in [0.25, 0.3) is 0 Å². The maximum Gasteiger partial charge on any atom is 0.217 e. The van der Waals surface area contributed by atoms with E-state index in [0.717, 1.165) is 32.4 Å². The van der Waals surface area contributed by atoms with Crippen LogP contribution in [0.25, 0.3) is 0 Å². The minimum atomic E-state index is -3.17. The second-order valence-corrected chi connectivity index (χ2v) is 8.83. The minimum Gasteiger partial charge on any atom is -0.381 e. The van der Waals surface area contributed by atoms with Gasteiger partial charge in [-0.25, -0.2) is 8.42 Å². The molecule has 1 atom stereocenters. The van der Waals surface area contributed by atoms with E-state index in [2.05, 4.69) is 19.2 Å². The molecule has 0 amide bonds. The molecule has 2 aliphatic rings. The van der Waals surface area contributed by atoms with Crippen LogP contribution in [0.2, 0.25) is 0 Å². The van der Waals surface area contributed by atoms with Crippen molar-refractivity contribution in [1.82, 2.24) is 9.62 Å². The first-order chi connectivity index (χ1) is 10.0. The molecule has 1 N–H and O–H groups in total. The molecule has 0 saturated carbocycles. The van der Waals surface area contributed by atoms with Gasteiger partial charge >= 0.3 is 0 Å². The zero-order valence-corrected chi connectivity index (χ0v) is 14.2. The third-order valence-electron chi connectivity index (χ3n) is 4.42. The van der Waals surface area contributed by atoms with Crippen LogP contribution in [-0.4, -0.2) is 56.9 Å². The third-order valence-corrected chi connectivity index (χ3v) is 6.87. The fourth-order valence-corrected chi connectivity index (χ4v) is 5.37. The number of ether oxygens (including phenoxy) is 1. The molecule has 0 aromatic rings. The van der Waals surface area contributed by atoms with Gasteiger partial charge < -0.3 is 10.1 Å². The number of nitrogens with one attached hydrogen (secondary N) is 1. The molecule has 0 radical (unpaired) electrons. The quantitative estimate of drug-likeness (QED) is 0.808. The number of hydrogen-bond donors (Lipinski definition) is 1. The van der Waals surface area contributed by atoms with Gasteiger partial charge in [-0.2, -0.15) is 4.31 Å². The highest BCUT2D eigenvalue weighted by Gasteiger charge is 2.38. The van der Waals surface area contributed by atoms with Gasteiger partial charge in [0.05, 0.1) is 5.25 Å². The van der Waals surface area contributed by atoms with E-state index in [9.17, 15) is 8.42 Å². The molecule has 1 unspecified atom stereocenters. The summed E-state index contributed by atoms with van der Waals surface area (Å²) >= 11 is 0. The van der Waals surface area contributed by atoms with Gasteiger partial charge in [-0.1, -0.05) is 20.3 Å². The molecular weight excluding hydrogens is 288 g/mol. The zero-order valence-electron chi connectivity index (χ0n) is 13.4.